The van der Waals surface area contributed by atoms with Crippen molar-refractivity contribution in [3.63, 3.8) is 0 Å². The van der Waals surface area contributed by atoms with Gasteiger partial charge in [0.15, 0.2) is 0 Å². The van der Waals surface area contributed by atoms with Crippen molar-refractivity contribution in [2.24, 2.45) is 0 Å². The van der Waals surface area contributed by atoms with Crippen LogP contribution in [0.25, 0.3) is 0 Å². The number of rotatable bonds is 10. The molecule has 0 saturated heterocycles. The highest BCUT2D eigenvalue weighted by atomic mass is 19.4. The molecule has 2 aromatic carbocycles. The molecule has 2 unspecified atom stereocenters. The molecule has 0 aliphatic heterocycles. The van der Waals surface area contributed by atoms with E-state index in [0.717, 1.165) is 39.2 Å². The zero-order valence-electron chi connectivity index (χ0n) is 21.4. The molecule has 0 fully saturated rings. The van der Waals surface area contributed by atoms with Crippen molar-refractivity contribution in [2.75, 3.05) is 20.3 Å². The summed E-state index contributed by atoms with van der Waals surface area (Å²) in [6.45, 7) is 10.7. The van der Waals surface area contributed by atoms with Crippen molar-refractivity contribution >= 4 is 5.91 Å². The van der Waals surface area contributed by atoms with E-state index >= 15 is 0 Å². The summed E-state index contributed by atoms with van der Waals surface area (Å²) < 4.78 is 43.1. The first-order valence-corrected chi connectivity index (χ1v) is 12.1. The number of hydrogen-bond donors (Lipinski definition) is 0. The van der Waals surface area contributed by atoms with Crippen molar-refractivity contribution in [3.8, 4) is 0 Å². The number of alkyl halides is 3. The number of methoxy groups -OCH3 is 1. The van der Waals surface area contributed by atoms with Crippen LogP contribution >= 0.6 is 0 Å². The van der Waals surface area contributed by atoms with Crippen LogP contribution in [-0.4, -0.2) is 43.3 Å². The van der Waals surface area contributed by atoms with Gasteiger partial charge in [-0.05, 0) is 69.7 Å². The molecule has 0 saturated carbocycles. The van der Waals surface area contributed by atoms with E-state index in [2.05, 4.69) is 31.2 Å². The zero-order valence-corrected chi connectivity index (χ0v) is 21.4. The van der Waals surface area contributed by atoms with Gasteiger partial charge in [-0.25, -0.2) is 0 Å². The zero-order chi connectivity index (χ0) is 25.7. The summed E-state index contributed by atoms with van der Waals surface area (Å²) in [4.78, 5) is 14.3. The molecule has 1 amide bonds. The largest absolute Gasteiger partial charge is 0.395 e. The van der Waals surface area contributed by atoms with Crippen LogP contribution in [0.15, 0.2) is 48.5 Å². The summed E-state index contributed by atoms with van der Waals surface area (Å²) in [6, 6.07) is 14.6. The number of carbonyl (C=O) groups is 1. The van der Waals surface area contributed by atoms with Crippen LogP contribution in [0.1, 0.15) is 79.9 Å². The highest BCUT2D eigenvalue weighted by Gasteiger charge is 2.37. The van der Waals surface area contributed by atoms with Crippen LogP contribution in [0.3, 0.4) is 0 Å². The number of aryl methyl sites for hydroxylation is 2. The fourth-order valence-electron chi connectivity index (χ4n) is 3.43. The monoisotopic (exact) mass is 479 g/mol. The van der Waals surface area contributed by atoms with Crippen LogP contribution in [0.4, 0.5) is 13.2 Å². The van der Waals surface area contributed by atoms with E-state index in [4.69, 9.17) is 4.74 Å². The maximum atomic E-state index is 12.7. The summed E-state index contributed by atoms with van der Waals surface area (Å²) in [7, 11) is 1.75. The fourth-order valence-corrected chi connectivity index (χ4v) is 3.43. The molecule has 0 bridgehead atoms. The minimum Gasteiger partial charge on any atom is -0.385 e. The van der Waals surface area contributed by atoms with Gasteiger partial charge in [0.05, 0.1) is 5.92 Å². The predicted octanol–water partition coefficient (Wildman–Crippen LogP) is 7.58. The predicted molar refractivity (Wildman–Crippen MR) is 133 cm³/mol. The summed E-state index contributed by atoms with van der Waals surface area (Å²) >= 11 is 0. The van der Waals surface area contributed by atoms with Crippen molar-refractivity contribution in [1.29, 1.82) is 0 Å². The molecule has 2 aromatic rings. The van der Waals surface area contributed by atoms with Gasteiger partial charge in [-0.2, -0.15) is 13.2 Å². The van der Waals surface area contributed by atoms with Crippen LogP contribution in [0.2, 0.25) is 0 Å². The number of carbonyl (C=O) groups excluding carboxylic acids is 1. The molecule has 0 heterocycles. The molecule has 0 aliphatic rings. The molecule has 2 rings (SSSR count). The molecule has 2 atom stereocenters. The average molecular weight is 480 g/mol. The lowest BCUT2D eigenvalue weighted by Gasteiger charge is -2.28. The normalized spacial score (nSPS) is 13.0. The highest BCUT2D eigenvalue weighted by molar-refractivity contribution is 5.94. The Morgan fingerprint density at radius 3 is 2.06 bits per heavy atom. The summed E-state index contributed by atoms with van der Waals surface area (Å²) in [5.74, 6) is -1.65. The van der Waals surface area contributed by atoms with E-state index in [1.807, 2.05) is 20.8 Å². The third kappa shape index (κ3) is 9.88. The molecular formula is C28H40F3NO2. The van der Waals surface area contributed by atoms with Gasteiger partial charge in [0.25, 0.3) is 5.91 Å². The molecule has 0 aliphatic carbocycles. The molecule has 0 radical (unpaired) electrons. The number of hydrogen-bond acceptors (Lipinski definition) is 2. The van der Waals surface area contributed by atoms with E-state index in [-0.39, 0.29) is 17.5 Å². The van der Waals surface area contributed by atoms with Gasteiger partial charge in [-0.1, -0.05) is 55.8 Å². The quantitative estimate of drug-likeness (QED) is 0.329. The van der Waals surface area contributed by atoms with Gasteiger partial charge in [0.1, 0.15) is 0 Å². The second-order valence-electron chi connectivity index (χ2n) is 8.72. The van der Waals surface area contributed by atoms with E-state index in [1.54, 1.807) is 12.0 Å². The second kappa shape index (κ2) is 14.8. The molecule has 34 heavy (non-hydrogen) atoms. The maximum absolute atomic E-state index is 12.7. The number of nitrogens with zero attached hydrogens (tertiary/aromatic N) is 1. The Kier molecular flexibility index (Phi) is 12.9. The third-order valence-corrected chi connectivity index (χ3v) is 5.93. The standard InChI is InChI=1S/C17H24F3NO.C11H16O/c1-5-11-21(12(3)6-2)16(22)15-9-7-14(8-10-15)13(4)17(18,19)20;1-10-5-7-11(8-6-10)4-3-9-12-2/h7-10,12-13H,5-6,11H2,1-4H3;5-8H,3-4,9H2,1-2H3. The molecular weight excluding hydrogens is 439 g/mol. The number of ether oxygens (including phenoxy) is 1. The first kappa shape index (κ1) is 29.7. The minimum atomic E-state index is -4.27. The van der Waals surface area contributed by atoms with Crippen LogP contribution in [-0.2, 0) is 11.2 Å². The van der Waals surface area contributed by atoms with Crippen LogP contribution < -0.4 is 0 Å². The Morgan fingerprint density at radius 2 is 1.59 bits per heavy atom. The van der Waals surface area contributed by atoms with E-state index in [9.17, 15) is 18.0 Å². The Morgan fingerprint density at radius 1 is 1.00 bits per heavy atom. The third-order valence-electron chi connectivity index (χ3n) is 5.93. The Labute approximate surface area is 203 Å². The number of benzene rings is 2. The van der Waals surface area contributed by atoms with Crippen LogP contribution in [0, 0.1) is 6.92 Å². The van der Waals surface area contributed by atoms with E-state index in [0.29, 0.717) is 12.1 Å². The second-order valence-corrected chi connectivity index (χ2v) is 8.72. The number of halogens is 3. The lowest BCUT2D eigenvalue weighted by atomic mass is 9.99. The summed E-state index contributed by atoms with van der Waals surface area (Å²) in [5, 5.41) is 0. The van der Waals surface area contributed by atoms with Crippen molar-refractivity contribution < 1.29 is 22.7 Å². The lowest BCUT2D eigenvalue weighted by molar-refractivity contribution is -0.146. The van der Waals surface area contributed by atoms with E-state index < -0.39 is 12.1 Å². The average Bonchev–Trinajstić information content (AvgIpc) is 2.82. The smallest absolute Gasteiger partial charge is 0.385 e. The van der Waals surface area contributed by atoms with Crippen LogP contribution in [0.5, 0.6) is 0 Å². The Bertz CT molecular complexity index is 832. The first-order chi connectivity index (χ1) is 16.0. The fraction of sp³-hybridized carbons (Fsp3) is 0.536. The topological polar surface area (TPSA) is 29.5 Å². The van der Waals surface area contributed by atoms with Gasteiger partial charge in [0.2, 0.25) is 0 Å². The van der Waals surface area contributed by atoms with Gasteiger partial charge in [-0.3, -0.25) is 4.79 Å². The minimum absolute atomic E-state index is 0.112. The van der Waals surface area contributed by atoms with Gasteiger partial charge < -0.3 is 9.64 Å². The van der Waals surface area contributed by atoms with E-state index in [1.165, 1.54) is 35.4 Å². The molecule has 0 spiro atoms. The summed E-state index contributed by atoms with van der Waals surface area (Å²) in [6.07, 6.45) is -0.349. The summed E-state index contributed by atoms with van der Waals surface area (Å²) in [5.41, 5.74) is 3.34. The van der Waals surface area contributed by atoms with Crippen molar-refractivity contribution in [1.82, 2.24) is 4.90 Å². The molecule has 190 valence electrons. The Hall–Kier alpha value is -2.34. The molecule has 3 nitrogen and oxygen atoms in total. The Balaban J connectivity index is 0.000000404. The van der Waals surface area contributed by atoms with Gasteiger partial charge in [-0.15, -0.1) is 0 Å². The number of amides is 1. The van der Waals surface area contributed by atoms with Crippen molar-refractivity contribution in [3.05, 3.63) is 70.8 Å². The lowest BCUT2D eigenvalue weighted by Crippen LogP contribution is -2.38. The maximum Gasteiger partial charge on any atom is 0.395 e. The first-order valence-electron chi connectivity index (χ1n) is 12.1. The SMILES string of the molecule is CCCN(C(=O)c1ccc(C(C)C(F)(F)F)cc1)C(C)CC.COCCCc1ccc(C)cc1. The van der Waals surface area contributed by atoms with Crippen molar-refractivity contribution in [2.45, 2.75) is 78.4 Å². The van der Waals surface area contributed by atoms with Gasteiger partial charge >= 0.3 is 6.18 Å². The molecule has 0 N–H and O–H groups in total. The van der Waals surface area contributed by atoms with Gasteiger partial charge in [0, 0.05) is 31.9 Å². The molecule has 0 aromatic heterocycles. The highest BCUT2D eigenvalue weighted by Crippen LogP contribution is 2.34. The molecule has 6 heteroatoms.